The van der Waals surface area contributed by atoms with E-state index in [9.17, 15) is 4.79 Å². The van der Waals surface area contributed by atoms with Crippen LogP contribution in [0.4, 0.5) is 5.13 Å². The summed E-state index contributed by atoms with van der Waals surface area (Å²) >= 11 is 2.87. The van der Waals surface area contributed by atoms with Gasteiger partial charge in [-0.1, -0.05) is 53.4 Å². The molecule has 2 N–H and O–H groups in total. The summed E-state index contributed by atoms with van der Waals surface area (Å²) in [4.78, 5) is 12.3. The predicted octanol–water partition coefficient (Wildman–Crippen LogP) is 3.42. The number of aromatic nitrogens is 2. The van der Waals surface area contributed by atoms with Gasteiger partial charge < -0.3 is 10.6 Å². The number of benzene rings is 1. The molecule has 5 nitrogen and oxygen atoms in total. The first-order valence-corrected chi connectivity index (χ1v) is 9.74. The Hall–Kier alpha value is -1.86. The van der Waals surface area contributed by atoms with Crippen molar-refractivity contribution in [1.82, 2.24) is 15.5 Å². The van der Waals surface area contributed by atoms with E-state index in [-0.39, 0.29) is 11.9 Å². The quantitative estimate of drug-likeness (QED) is 0.585. The van der Waals surface area contributed by atoms with Crippen molar-refractivity contribution >= 4 is 34.1 Å². The van der Waals surface area contributed by atoms with Crippen LogP contribution in [0.1, 0.15) is 30.0 Å². The van der Waals surface area contributed by atoms with E-state index in [0.29, 0.717) is 12.3 Å². The topological polar surface area (TPSA) is 66.9 Å². The fourth-order valence-electron chi connectivity index (χ4n) is 2.77. The molecule has 3 rings (SSSR count). The Morgan fingerprint density at radius 2 is 2.29 bits per heavy atom. The van der Waals surface area contributed by atoms with Gasteiger partial charge in [-0.2, -0.15) is 0 Å². The average molecular weight is 361 g/mol. The Balaban J connectivity index is 1.51. The third-order valence-electron chi connectivity index (χ3n) is 3.84. The summed E-state index contributed by atoms with van der Waals surface area (Å²) in [6, 6.07) is 8.50. The average Bonchev–Trinajstić information content (AvgIpc) is 3.06. The number of carbonyl (C=O) groups is 1. The maximum Gasteiger partial charge on any atom is 0.230 e. The minimum Gasteiger partial charge on any atom is -0.357 e. The van der Waals surface area contributed by atoms with E-state index in [4.69, 9.17) is 0 Å². The lowest BCUT2D eigenvalue weighted by Gasteiger charge is -2.26. The molecular formula is C17H20N4OS2. The number of aryl methyl sites for hydroxylation is 1. The molecule has 0 saturated carbocycles. The SMILES string of the molecule is C=CCNc1nnc(SCC(=O)NC2CCCc3ccccc32)s1. The van der Waals surface area contributed by atoms with E-state index >= 15 is 0 Å². The van der Waals surface area contributed by atoms with Crippen molar-refractivity contribution in [2.75, 3.05) is 17.6 Å². The number of anilines is 1. The van der Waals surface area contributed by atoms with E-state index in [2.05, 4.69) is 45.6 Å². The fraction of sp³-hybridized carbons (Fsp3) is 0.353. The minimum atomic E-state index is 0.0394. The predicted molar refractivity (Wildman–Crippen MR) is 99.6 cm³/mol. The first-order chi connectivity index (χ1) is 11.8. The smallest absolute Gasteiger partial charge is 0.230 e. The standard InChI is InChI=1S/C17H20N4OS2/c1-2-10-18-16-20-21-17(24-16)23-11-15(22)19-14-9-5-7-12-6-3-4-8-13(12)14/h2-4,6,8,14H,1,5,7,9-11H2,(H,18,20)(H,19,22). The van der Waals surface area contributed by atoms with Gasteiger partial charge in [0.25, 0.3) is 0 Å². The Morgan fingerprint density at radius 1 is 1.42 bits per heavy atom. The molecule has 1 aliphatic rings. The van der Waals surface area contributed by atoms with Crippen LogP contribution in [0, 0.1) is 0 Å². The van der Waals surface area contributed by atoms with E-state index in [1.807, 2.05) is 6.07 Å². The zero-order chi connectivity index (χ0) is 16.8. The van der Waals surface area contributed by atoms with Gasteiger partial charge in [-0.25, -0.2) is 0 Å². The number of rotatable bonds is 7. The molecule has 24 heavy (non-hydrogen) atoms. The van der Waals surface area contributed by atoms with Crippen molar-refractivity contribution in [2.24, 2.45) is 0 Å². The van der Waals surface area contributed by atoms with Crippen LogP contribution in [0.3, 0.4) is 0 Å². The summed E-state index contributed by atoms with van der Waals surface area (Å²) < 4.78 is 0.792. The number of carbonyl (C=O) groups excluding carboxylic acids is 1. The van der Waals surface area contributed by atoms with Crippen LogP contribution < -0.4 is 10.6 Å². The molecular weight excluding hydrogens is 340 g/mol. The normalized spacial score (nSPS) is 16.2. The van der Waals surface area contributed by atoms with Gasteiger partial charge in [-0.3, -0.25) is 4.79 Å². The second kappa shape index (κ2) is 8.30. The van der Waals surface area contributed by atoms with Crippen molar-refractivity contribution in [3.63, 3.8) is 0 Å². The Bertz CT molecular complexity index is 716. The second-order valence-electron chi connectivity index (χ2n) is 5.54. The lowest BCUT2D eigenvalue weighted by atomic mass is 9.88. The molecule has 1 amide bonds. The van der Waals surface area contributed by atoms with Crippen molar-refractivity contribution in [3.8, 4) is 0 Å². The zero-order valence-electron chi connectivity index (χ0n) is 13.3. The van der Waals surface area contributed by atoms with E-state index in [0.717, 1.165) is 28.7 Å². The fourth-order valence-corrected chi connectivity index (χ4v) is 4.34. The van der Waals surface area contributed by atoms with Gasteiger partial charge >= 0.3 is 0 Å². The van der Waals surface area contributed by atoms with Gasteiger partial charge in [-0.05, 0) is 30.4 Å². The number of nitrogens with zero attached hydrogens (tertiary/aromatic N) is 2. The number of hydrogen-bond donors (Lipinski definition) is 2. The number of amides is 1. The molecule has 1 unspecified atom stereocenters. The van der Waals surface area contributed by atoms with Gasteiger partial charge in [0.1, 0.15) is 0 Å². The minimum absolute atomic E-state index is 0.0394. The zero-order valence-corrected chi connectivity index (χ0v) is 15.0. The maximum absolute atomic E-state index is 12.3. The highest BCUT2D eigenvalue weighted by atomic mass is 32.2. The van der Waals surface area contributed by atoms with Crippen molar-refractivity contribution in [1.29, 1.82) is 0 Å². The molecule has 7 heteroatoms. The molecule has 0 bridgehead atoms. The summed E-state index contributed by atoms with van der Waals surface area (Å²) in [5.41, 5.74) is 2.61. The summed E-state index contributed by atoms with van der Waals surface area (Å²) in [6.45, 7) is 4.30. The van der Waals surface area contributed by atoms with Crippen molar-refractivity contribution in [3.05, 3.63) is 48.0 Å². The molecule has 0 fully saturated rings. The Morgan fingerprint density at radius 3 is 3.17 bits per heavy atom. The molecule has 1 aromatic heterocycles. The van der Waals surface area contributed by atoms with E-state index in [1.54, 1.807) is 6.08 Å². The summed E-state index contributed by atoms with van der Waals surface area (Å²) in [5, 5.41) is 15.1. The first-order valence-electron chi connectivity index (χ1n) is 7.94. The molecule has 0 radical (unpaired) electrons. The van der Waals surface area contributed by atoms with Gasteiger partial charge in [0.15, 0.2) is 4.34 Å². The molecule has 0 saturated heterocycles. The lowest BCUT2D eigenvalue weighted by molar-refractivity contribution is -0.119. The molecule has 126 valence electrons. The summed E-state index contributed by atoms with van der Waals surface area (Å²) in [5.74, 6) is 0.395. The monoisotopic (exact) mass is 360 g/mol. The molecule has 1 aromatic carbocycles. The van der Waals surface area contributed by atoms with Crippen molar-refractivity contribution < 1.29 is 4.79 Å². The van der Waals surface area contributed by atoms with Crippen LogP contribution in [-0.2, 0) is 11.2 Å². The summed E-state index contributed by atoms with van der Waals surface area (Å²) in [7, 11) is 0. The third-order valence-corrected chi connectivity index (χ3v) is 5.85. The number of thioether (sulfide) groups is 1. The van der Waals surface area contributed by atoms with Gasteiger partial charge in [-0.15, -0.1) is 16.8 Å². The molecule has 1 heterocycles. The molecule has 1 aliphatic carbocycles. The lowest BCUT2D eigenvalue weighted by Crippen LogP contribution is -2.32. The number of nitrogens with one attached hydrogen (secondary N) is 2. The molecule has 0 spiro atoms. The number of fused-ring (bicyclic) bond motifs is 1. The van der Waals surface area contributed by atoms with Crippen molar-refractivity contribution in [2.45, 2.75) is 29.6 Å². The molecule has 1 atom stereocenters. The highest BCUT2D eigenvalue weighted by Crippen LogP contribution is 2.30. The summed E-state index contributed by atoms with van der Waals surface area (Å²) in [6.07, 6.45) is 4.98. The van der Waals surface area contributed by atoms with Crippen LogP contribution in [0.5, 0.6) is 0 Å². The highest BCUT2D eigenvalue weighted by Gasteiger charge is 2.21. The number of hydrogen-bond acceptors (Lipinski definition) is 6. The largest absolute Gasteiger partial charge is 0.357 e. The van der Waals surface area contributed by atoms with Crippen LogP contribution in [-0.4, -0.2) is 28.4 Å². The molecule has 0 aliphatic heterocycles. The Kier molecular flexibility index (Phi) is 5.87. The third kappa shape index (κ3) is 4.36. The molecule has 2 aromatic rings. The second-order valence-corrected chi connectivity index (χ2v) is 7.74. The highest BCUT2D eigenvalue weighted by molar-refractivity contribution is 8.01. The van der Waals surface area contributed by atoms with Crippen LogP contribution in [0.15, 0.2) is 41.3 Å². The van der Waals surface area contributed by atoms with Crippen LogP contribution >= 0.6 is 23.1 Å². The van der Waals surface area contributed by atoms with Gasteiger partial charge in [0.2, 0.25) is 11.0 Å². The van der Waals surface area contributed by atoms with E-state index < -0.39 is 0 Å². The van der Waals surface area contributed by atoms with Crippen LogP contribution in [0.25, 0.3) is 0 Å². The van der Waals surface area contributed by atoms with Crippen LogP contribution in [0.2, 0.25) is 0 Å². The first kappa shape index (κ1) is 17.0. The van der Waals surface area contributed by atoms with Gasteiger partial charge in [0, 0.05) is 6.54 Å². The maximum atomic E-state index is 12.3. The van der Waals surface area contributed by atoms with Gasteiger partial charge in [0.05, 0.1) is 11.8 Å². The Labute approximate surface area is 150 Å². The van der Waals surface area contributed by atoms with E-state index in [1.165, 1.54) is 34.2 Å².